The van der Waals surface area contributed by atoms with Gasteiger partial charge in [-0.05, 0) is 41.5 Å². The molecule has 4 heterocycles. The van der Waals surface area contributed by atoms with Crippen LogP contribution in [0.4, 0.5) is 0 Å². The average Bonchev–Trinajstić information content (AvgIpc) is 2.86. The Hall–Kier alpha value is -4.26. The highest BCUT2D eigenvalue weighted by molar-refractivity contribution is 5.94. The molecule has 4 aromatic rings. The third kappa shape index (κ3) is 5.22. The van der Waals surface area contributed by atoms with Crippen LogP contribution in [0.25, 0.3) is 0 Å². The van der Waals surface area contributed by atoms with Crippen LogP contribution in [-0.2, 0) is 0 Å². The molecule has 0 aliphatic rings. The van der Waals surface area contributed by atoms with Crippen molar-refractivity contribution in [1.82, 2.24) is 25.3 Å². The van der Waals surface area contributed by atoms with Gasteiger partial charge in [0.2, 0.25) is 0 Å². The van der Waals surface area contributed by atoms with E-state index in [-0.39, 0.29) is 5.91 Å². The molecule has 31 heavy (non-hydrogen) atoms. The number of amides is 1. The standard InChI is InChI=1S/C24H20N6O/c31-24(21-8-4-12-28-17-21)30-23(20-7-3-11-27-16-20)22(19-6-2-10-26-15-19)29-14-18-5-1-9-25-13-18/h1-17,22-23H,(H,30,31)/t22-,23+/m0/s1. The number of aromatic nitrogens is 4. The highest BCUT2D eigenvalue weighted by Crippen LogP contribution is 2.32. The van der Waals surface area contributed by atoms with Crippen molar-refractivity contribution >= 4 is 12.1 Å². The van der Waals surface area contributed by atoms with Crippen LogP contribution in [0, 0.1) is 0 Å². The van der Waals surface area contributed by atoms with Crippen LogP contribution < -0.4 is 5.32 Å². The maximum absolute atomic E-state index is 13.0. The fourth-order valence-corrected chi connectivity index (χ4v) is 3.16. The molecule has 0 aromatic carbocycles. The molecule has 0 aliphatic heterocycles. The number of nitrogens with one attached hydrogen (secondary N) is 1. The molecular formula is C24H20N6O. The lowest BCUT2D eigenvalue weighted by molar-refractivity contribution is 0.0930. The second-order valence-corrected chi connectivity index (χ2v) is 6.77. The molecule has 0 bridgehead atoms. The third-order valence-electron chi connectivity index (χ3n) is 4.66. The zero-order valence-corrected chi connectivity index (χ0v) is 16.6. The van der Waals surface area contributed by atoms with Crippen molar-refractivity contribution < 1.29 is 4.79 Å². The maximum atomic E-state index is 13.0. The molecule has 0 saturated carbocycles. The summed E-state index contributed by atoms with van der Waals surface area (Å²) < 4.78 is 0. The van der Waals surface area contributed by atoms with Gasteiger partial charge in [-0.1, -0.05) is 18.2 Å². The number of rotatable bonds is 7. The van der Waals surface area contributed by atoms with Crippen molar-refractivity contribution in [3.8, 4) is 0 Å². The molecule has 0 radical (unpaired) electrons. The minimum Gasteiger partial charge on any atom is -0.343 e. The topological polar surface area (TPSA) is 93.0 Å². The Kier molecular flexibility index (Phi) is 6.45. The molecule has 7 nitrogen and oxygen atoms in total. The van der Waals surface area contributed by atoms with E-state index >= 15 is 0 Å². The van der Waals surface area contributed by atoms with E-state index in [0.29, 0.717) is 5.56 Å². The Bertz CT molecular complexity index is 1120. The number of hydrogen-bond donors (Lipinski definition) is 1. The van der Waals surface area contributed by atoms with Gasteiger partial charge < -0.3 is 5.32 Å². The molecule has 1 N–H and O–H groups in total. The minimum absolute atomic E-state index is 0.243. The van der Waals surface area contributed by atoms with Crippen molar-refractivity contribution in [1.29, 1.82) is 0 Å². The van der Waals surface area contributed by atoms with E-state index in [1.54, 1.807) is 61.7 Å². The van der Waals surface area contributed by atoms with Gasteiger partial charge in [-0.25, -0.2) is 0 Å². The predicted octanol–water partition coefficient (Wildman–Crippen LogP) is 3.60. The van der Waals surface area contributed by atoms with Gasteiger partial charge in [0.15, 0.2) is 0 Å². The average molecular weight is 408 g/mol. The summed E-state index contributed by atoms with van der Waals surface area (Å²) in [7, 11) is 0. The monoisotopic (exact) mass is 408 g/mol. The van der Waals surface area contributed by atoms with Crippen LogP contribution in [0.1, 0.15) is 39.1 Å². The first-order valence-corrected chi connectivity index (χ1v) is 9.75. The fourth-order valence-electron chi connectivity index (χ4n) is 3.16. The zero-order chi connectivity index (χ0) is 21.3. The van der Waals surface area contributed by atoms with Crippen molar-refractivity contribution in [2.24, 2.45) is 4.99 Å². The van der Waals surface area contributed by atoms with E-state index in [1.165, 1.54) is 6.20 Å². The molecule has 4 aromatic heterocycles. The number of aliphatic imine (C=N–C) groups is 1. The Morgan fingerprint density at radius 2 is 1.39 bits per heavy atom. The molecule has 0 saturated heterocycles. The second kappa shape index (κ2) is 9.98. The second-order valence-electron chi connectivity index (χ2n) is 6.77. The van der Waals surface area contributed by atoms with Crippen molar-refractivity contribution in [3.63, 3.8) is 0 Å². The van der Waals surface area contributed by atoms with Gasteiger partial charge in [-0.2, -0.15) is 0 Å². The van der Waals surface area contributed by atoms with Crippen molar-refractivity contribution in [3.05, 3.63) is 120 Å². The molecule has 0 aliphatic carbocycles. The summed E-state index contributed by atoms with van der Waals surface area (Å²) in [5.74, 6) is -0.243. The van der Waals surface area contributed by atoms with E-state index in [1.807, 2.05) is 36.4 Å². The number of carbonyl (C=O) groups is 1. The Labute approximate surface area is 180 Å². The van der Waals surface area contributed by atoms with Crippen molar-refractivity contribution in [2.45, 2.75) is 12.1 Å². The molecule has 4 rings (SSSR count). The summed E-state index contributed by atoms with van der Waals surface area (Å²) >= 11 is 0. The first-order chi connectivity index (χ1) is 15.3. The SMILES string of the molecule is O=C(N[C@H](c1cccnc1)[C@@H](N=Cc1cccnc1)c1cccnc1)c1cccnc1. The quantitative estimate of drug-likeness (QED) is 0.472. The predicted molar refractivity (Wildman–Crippen MR) is 117 cm³/mol. The lowest BCUT2D eigenvalue weighted by Gasteiger charge is -2.26. The van der Waals surface area contributed by atoms with Crippen molar-refractivity contribution in [2.75, 3.05) is 0 Å². The first-order valence-electron chi connectivity index (χ1n) is 9.75. The van der Waals surface area contributed by atoms with Gasteiger partial charge in [0, 0.05) is 61.4 Å². The summed E-state index contributed by atoms with van der Waals surface area (Å²) in [5, 5.41) is 3.11. The summed E-state index contributed by atoms with van der Waals surface area (Å²) in [5.41, 5.74) is 3.03. The van der Waals surface area contributed by atoms with Crippen LogP contribution in [-0.4, -0.2) is 32.1 Å². The lowest BCUT2D eigenvalue weighted by Crippen LogP contribution is -2.32. The normalized spacial score (nSPS) is 12.9. The molecular weight excluding hydrogens is 388 g/mol. The largest absolute Gasteiger partial charge is 0.343 e. The first kappa shape index (κ1) is 20.0. The number of hydrogen-bond acceptors (Lipinski definition) is 6. The van der Waals surface area contributed by atoms with E-state index in [9.17, 15) is 4.79 Å². The number of nitrogens with zero attached hydrogens (tertiary/aromatic N) is 5. The smallest absolute Gasteiger partial charge is 0.253 e. The molecule has 1 amide bonds. The van der Waals surface area contributed by atoms with E-state index in [0.717, 1.165) is 16.7 Å². The van der Waals surface area contributed by atoms with Gasteiger partial charge in [0.05, 0.1) is 11.6 Å². The third-order valence-corrected chi connectivity index (χ3v) is 4.66. The Morgan fingerprint density at radius 1 is 0.774 bits per heavy atom. The van der Waals surface area contributed by atoms with Gasteiger partial charge >= 0.3 is 0 Å². The number of carbonyl (C=O) groups excluding carboxylic acids is 1. The van der Waals surface area contributed by atoms with Crippen LogP contribution in [0.2, 0.25) is 0 Å². The summed E-state index contributed by atoms with van der Waals surface area (Å²) in [6.07, 6.45) is 15.3. The number of pyridine rings is 4. The van der Waals surface area contributed by atoms with E-state index in [4.69, 9.17) is 4.99 Å². The van der Waals surface area contributed by atoms with Gasteiger partial charge in [0.1, 0.15) is 6.04 Å². The fraction of sp³-hybridized carbons (Fsp3) is 0.0833. The van der Waals surface area contributed by atoms with Gasteiger partial charge in [-0.3, -0.25) is 29.7 Å². The molecule has 7 heteroatoms. The van der Waals surface area contributed by atoms with Gasteiger partial charge in [-0.15, -0.1) is 0 Å². The van der Waals surface area contributed by atoms with Gasteiger partial charge in [0.25, 0.3) is 5.91 Å². The van der Waals surface area contributed by atoms with Crippen LogP contribution in [0.3, 0.4) is 0 Å². The summed E-state index contributed by atoms with van der Waals surface area (Å²) in [6, 6.07) is 13.9. The van der Waals surface area contributed by atoms with E-state index < -0.39 is 12.1 Å². The lowest BCUT2D eigenvalue weighted by atomic mass is 9.95. The van der Waals surface area contributed by atoms with Crippen LogP contribution >= 0.6 is 0 Å². The Balaban J connectivity index is 1.74. The summed E-state index contributed by atoms with van der Waals surface area (Å²) in [6.45, 7) is 0. The molecule has 2 atom stereocenters. The maximum Gasteiger partial charge on any atom is 0.253 e. The van der Waals surface area contributed by atoms with Crippen LogP contribution in [0.5, 0.6) is 0 Å². The van der Waals surface area contributed by atoms with E-state index in [2.05, 4.69) is 25.3 Å². The highest BCUT2D eigenvalue weighted by atomic mass is 16.1. The minimum atomic E-state index is -0.474. The zero-order valence-electron chi connectivity index (χ0n) is 16.6. The molecule has 0 unspecified atom stereocenters. The summed E-state index contributed by atoms with van der Waals surface area (Å²) in [4.78, 5) is 34.5. The molecule has 0 spiro atoms. The molecule has 152 valence electrons. The Morgan fingerprint density at radius 3 is 1.97 bits per heavy atom. The molecule has 0 fully saturated rings. The van der Waals surface area contributed by atoms with Crippen LogP contribution in [0.15, 0.2) is 103 Å². The highest BCUT2D eigenvalue weighted by Gasteiger charge is 2.27.